The molecule has 1 heterocycles. The number of benzene rings is 1. The van der Waals surface area contributed by atoms with Crippen LogP contribution >= 0.6 is 0 Å². The minimum absolute atomic E-state index is 0.362. The Hall–Kier alpha value is -2.41. The first-order chi connectivity index (χ1) is 9.11. The summed E-state index contributed by atoms with van der Waals surface area (Å²) in [6.45, 7) is 4.20. The van der Waals surface area contributed by atoms with Crippen LogP contribution in [-0.4, -0.2) is 17.0 Å². The summed E-state index contributed by atoms with van der Waals surface area (Å²) >= 11 is 0. The number of nitrogens with zero attached hydrogens (tertiary/aromatic N) is 4. The summed E-state index contributed by atoms with van der Waals surface area (Å²) in [4.78, 5) is 10.5. The number of aromatic nitrogens is 2. The lowest BCUT2D eigenvalue weighted by Crippen LogP contribution is -2.12. The average molecular weight is 252 g/mol. The Labute approximate surface area is 113 Å². The van der Waals surface area contributed by atoms with Crippen molar-refractivity contribution in [1.82, 2.24) is 9.97 Å². The fourth-order valence-electron chi connectivity index (χ4n) is 1.78. The molecule has 19 heavy (non-hydrogen) atoms. The third-order valence-electron chi connectivity index (χ3n) is 2.97. The molecule has 0 aliphatic rings. The van der Waals surface area contributed by atoms with Crippen LogP contribution in [-0.2, 0) is 0 Å². The number of anilines is 2. The van der Waals surface area contributed by atoms with E-state index in [-0.39, 0.29) is 0 Å². The van der Waals surface area contributed by atoms with Crippen LogP contribution in [0.5, 0.6) is 0 Å². The molecule has 0 unspecified atom stereocenters. The maximum atomic E-state index is 8.94. The molecule has 0 bridgehead atoms. The standard InChI is InChI=1S/C15H16N4/c1-11(2)14-8-15(18-10-17-14)19(3)13-6-4-5-12(7-13)9-16/h4-8,10-11H,1-3H3. The Kier molecular flexibility index (Phi) is 3.76. The van der Waals surface area contributed by atoms with Gasteiger partial charge < -0.3 is 4.90 Å². The summed E-state index contributed by atoms with van der Waals surface area (Å²) in [6.07, 6.45) is 1.58. The molecule has 1 aromatic carbocycles. The van der Waals surface area contributed by atoms with Crippen LogP contribution in [0.2, 0.25) is 0 Å². The van der Waals surface area contributed by atoms with E-state index in [9.17, 15) is 0 Å². The quantitative estimate of drug-likeness (QED) is 0.841. The van der Waals surface area contributed by atoms with Crippen molar-refractivity contribution in [2.24, 2.45) is 0 Å². The molecule has 0 radical (unpaired) electrons. The molecule has 0 fully saturated rings. The smallest absolute Gasteiger partial charge is 0.136 e. The van der Waals surface area contributed by atoms with Crippen molar-refractivity contribution in [3.05, 3.63) is 47.9 Å². The first-order valence-corrected chi connectivity index (χ1v) is 6.17. The predicted octanol–water partition coefficient (Wildman–Crippen LogP) is 3.24. The summed E-state index contributed by atoms with van der Waals surface area (Å²) in [5.74, 6) is 1.19. The first kappa shape index (κ1) is 13.0. The molecule has 4 nitrogen and oxygen atoms in total. The number of hydrogen-bond acceptors (Lipinski definition) is 4. The van der Waals surface area contributed by atoms with Gasteiger partial charge in [-0.3, -0.25) is 0 Å². The highest BCUT2D eigenvalue weighted by molar-refractivity contribution is 5.61. The second-order valence-corrected chi connectivity index (χ2v) is 4.68. The van der Waals surface area contributed by atoms with Crippen molar-refractivity contribution < 1.29 is 0 Å². The molecule has 0 saturated carbocycles. The van der Waals surface area contributed by atoms with Crippen molar-refractivity contribution in [3.63, 3.8) is 0 Å². The van der Waals surface area contributed by atoms with E-state index >= 15 is 0 Å². The van der Waals surface area contributed by atoms with Crippen LogP contribution in [0.3, 0.4) is 0 Å². The highest BCUT2D eigenvalue weighted by Crippen LogP contribution is 2.24. The van der Waals surface area contributed by atoms with Crippen molar-refractivity contribution in [1.29, 1.82) is 5.26 Å². The lowest BCUT2D eigenvalue weighted by atomic mass is 10.1. The van der Waals surface area contributed by atoms with E-state index in [1.54, 1.807) is 12.4 Å². The molecule has 2 aromatic rings. The predicted molar refractivity (Wildman–Crippen MR) is 75.3 cm³/mol. The van der Waals surface area contributed by atoms with Gasteiger partial charge in [0.2, 0.25) is 0 Å². The van der Waals surface area contributed by atoms with E-state index in [2.05, 4.69) is 29.9 Å². The Morgan fingerprint density at radius 3 is 2.68 bits per heavy atom. The zero-order valence-electron chi connectivity index (χ0n) is 11.3. The maximum absolute atomic E-state index is 8.94. The molecule has 0 N–H and O–H groups in total. The highest BCUT2D eigenvalue weighted by atomic mass is 15.2. The SMILES string of the molecule is CC(C)c1cc(N(C)c2cccc(C#N)c2)ncn1. The molecule has 2 rings (SSSR count). The van der Waals surface area contributed by atoms with Gasteiger partial charge in [0.05, 0.1) is 11.6 Å². The summed E-state index contributed by atoms with van der Waals surface area (Å²) in [6, 6.07) is 11.6. The molecule has 96 valence electrons. The maximum Gasteiger partial charge on any atom is 0.136 e. The summed E-state index contributed by atoms with van der Waals surface area (Å²) in [5.41, 5.74) is 2.59. The van der Waals surface area contributed by atoms with Gasteiger partial charge in [-0.1, -0.05) is 19.9 Å². The fourth-order valence-corrected chi connectivity index (χ4v) is 1.78. The topological polar surface area (TPSA) is 52.8 Å². The molecule has 0 amide bonds. The summed E-state index contributed by atoms with van der Waals surface area (Å²) in [7, 11) is 1.93. The molecule has 0 aliphatic carbocycles. The normalized spacial score (nSPS) is 10.3. The van der Waals surface area contributed by atoms with Gasteiger partial charge in [0.1, 0.15) is 12.1 Å². The van der Waals surface area contributed by atoms with Gasteiger partial charge in [0.25, 0.3) is 0 Å². The van der Waals surface area contributed by atoms with Gasteiger partial charge in [-0.05, 0) is 24.1 Å². The zero-order valence-corrected chi connectivity index (χ0v) is 11.3. The number of nitriles is 1. The Morgan fingerprint density at radius 1 is 1.21 bits per heavy atom. The van der Waals surface area contributed by atoms with E-state index in [0.29, 0.717) is 11.5 Å². The van der Waals surface area contributed by atoms with Crippen molar-refractivity contribution in [3.8, 4) is 6.07 Å². The Balaban J connectivity index is 2.35. The molecule has 0 aliphatic heterocycles. The van der Waals surface area contributed by atoms with Gasteiger partial charge >= 0.3 is 0 Å². The third-order valence-corrected chi connectivity index (χ3v) is 2.97. The lowest BCUT2D eigenvalue weighted by molar-refractivity contribution is 0.812. The third kappa shape index (κ3) is 2.89. The lowest BCUT2D eigenvalue weighted by Gasteiger charge is -2.19. The van der Waals surface area contributed by atoms with Gasteiger partial charge in [-0.2, -0.15) is 5.26 Å². The van der Waals surface area contributed by atoms with Gasteiger partial charge in [-0.15, -0.1) is 0 Å². The second kappa shape index (κ2) is 5.49. The zero-order chi connectivity index (χ0) is 13.8. The highest BCUT2D eigenvalue weighted by Gasteiger charge is 2.09. The summed E-state index contributed by atoms with van der Waals surface area (Å²) < 4.78 is 0. The monoisotopic (exact) mass is 252 g/mol. The van der Waals surface area contributed by atoms with Crippen LogP contribution in [0.1, 0.15) is 31.0 Å². The van der Waals surface area contributed by atoms with E-state index in [1.807, 2.05) is 36.2 Å². The largest absolute Gasteiger partial charge is 0.329 e. The van der Waals surface area contributed by atoms with E-state index in [4.69, 9.17) is 5.26 Å². The number of hydrogen-bond donors (Lipinski definition) is 0. The van der Waals surface area contributed by atoms with E-state index in [0.717, 1.165) is 17.2 Å². The molecule has 0 spiro atoms. The van der Waals surface area contributed by atoms with Crippen molar-refractivity contribution >= 4 is 11.5 Å². The summed E-state index contributed by atoms with van der Waals surface area (Å²) in [5, 5.41) is 8.94. The minimum atomic E-state index is 0.362. The fraction of sp³-hybridized carbons (Fsp3) is 0.267. The molecule has 0 saturated heterocycles. The van der Waals surface area contributed by atoms with Crippen LogP contribution in [0, 0.1) is 11.3 Å². The Bertz CT molecular complexity index is 614. The van der Waals surface area contributed by atoms with Crippen molar-refractivity contribution in [2.45, 2.75) is 19.8 Å². The second-order valence-electron chi connectivity index (χ2n) is 4.68. The van der Waals surface area contributed by atoms with Crippen LogP contribution in [0.25, 0.3) is 0 Å². The number of rotatable bonds is 3. The van der Waals surface area contributed by atoms with Crippen molar-refractivity contribution in [2.75, 3.05) is 11.9 Å². The minimum Gasteiger partial charge on any atom is -0.329 e. The van der Waals surface area contributed by atoms with Gasteiger partial charge in [-0.25, -0.2) is 9.97 Å². The molecular formula is C15H16N4. The van der Waals surface area contributed by atoms with Crippen LogP contribution in [0.15, 0.2) is 36.7 Å². The molecule has 1 aromatic heterocycles. The molecule has 0 atom stereocenters. The van der Waals surface area contributed by atoms with Crippen LogP contribution in [0.4, 0.5) is 11.5 Å². The van der Waals surface area contributed by atoms with Gasteiger partial charge in [0.15, 0.2) is 0 Å². The molecule has 4 heteroatoms. The van der Waals surface area contributed by atoms with E-state index in [1.165, 1.54) is 0 Å². The van der Waals surface area contributed by atoms with Gasteiger partial charge in [0, 0.05) is 24.5 Å². The Morgan fingerprint density at radius 2 is 2.00 bits per heavy atom. The van der Waals surface area contributed by atoms with Crippen LogP contribution < -0.4 is 4.90 Å². The van der Waals surface area contributed by atoms with E-state index < -0.39 is 0 Å². The average Bonchev–Trinajstić information content (AvgIpc) is 2.46. The first-order valence-electron chi connectivity index (χ1n) is 6.17. The molecular weight excluding hydrogens is 236 g/mol.